The van der Waals surface area contributed by atoms with E-state index in [4.69, 9.17) is 9.47 Å². The Hall–Kier alpha value is -2.38. The molecule has 0 N–H and O–H groups in total. The molecule has 0 unspecified atom stereocenters. The lowest BCUT2D eigenvalue weighted by Crippen LogP contribution is -2.50. The van der Waals surface area contributed by atoms with Crippen molar-refractivity contribution in [1.29, 1.82) is 0 Å². The Balaban J connectivity index is 1.36. The van der Waals surface area contributed by atoms with Gasteiger partial charge in [0.15, 0.2) is 0 Å². The van der Waals surface area contributed by atoms with E-state index in [1.165, 1.54) is 6.33 Å². The first-order valence-corrected chi connectivity index (χ1v) is 8.94. The molecule has 136 valence electrons. The summed E-state index contributed by atoms with van der Waals surface area (Å²) in [6.07, 6.45) is 9.29. The zero-order chi connectivity index (χ0) is 17.8. The van der Waals surface area contributed by atoms with Crippen LogP contribution in [0.3, 0.4) is 0 Å². The summed E-state index contributed by atoms with van der Waals surface area (Å²) in [7, 11) is 0. The van der Waals surface area contributed by atoms with Crippen LogP contribution in [0.2, 0.25) is 0 Å². The van der Waals surface area contributed by atoms with E-state index in [0.29, 0.717) is 25.5 Å². The number of amides is 1. The van der Waals surface area contributed by atoms with Crippen LogP contribution in [0, 0.1) is 0 Å². The SMILES string of the molecule is O=C(c1ccncn1)N1CCC[C@]2(C[C@H](OCc3cccnc3)CO2)C1. The monoisotopic (exact) mass is 354 g/mol. The summed E-state index contributed by atoms with van der Waals surface area (Å²) in [5.41, 5.74) is 1.18. The van der Waals surface area contributed by atoms with Crippen LogP contribution >= 0.6 is 0 Å². The van der Waals surface area contributed by atoms with Gasteiger partial charge in [0.1, 0.15) is 12.0 Å². The lowest BCUT2D eigenvalue weighted by atomic mass is 9.89. The summed E-state index contributed by atoms with van der Waals surface area (Å²) < 4.78 is 12.1. The summed E-state index contributed by atoms with van der Waals surface area (Å²) in [6, 6.07) is 5.56. The average molecular weight is 354 g/mol. The summed E-state index contributed by atoms with van der Waals surface area (Å²) in [4.78, 5) is 26.6. The maximum absolute atomic E-state index is 12.7. The van der Waals surface area contributed by atoms with Gasteiger partial charge in [-0.2, -0.15) is 0 Å². The molecule has 0 aromatic carbocycles. The fourth-order valence-electron chi connectivity index (χ4n) is 3.74. The van der Waals surface area contributed by atoms with Crippen molar-refractivity contribution in [2.45, 2.75) is 37.6 Å². The Morgan fingerprint density at radius 1 is 1.35 bits per heavy atom. The topological polar surface area (TPSA) is 77.4 Å². The quantitative estimate of drug-likeness (QED) is 0.834. The van der Waals surface area contributed by atoms with Crippen LogP contribution in [0.5, 0.6) is 0 Å². The molecule has 4 rings (SSSR count). The van der Waals surface area contributed by atoms with E-state index in [1.807, 2.05) is 23.2 Å². The highest BCUT2D eigenvalue weighted by atomic mass is 16.6. The van der Waals surface area contributed by atoms with Crippen LogP contribution in [0.1, 0.15) is 35.3 Å². The first-order valence-electron chi connectivity index (χ1n) is 8.94. The van der Waals surface area contributed by atoms with Crippen molar-refractivity contribution in [3.8, 4) is 0 Å². The number of hydrogen-bond donors (Lipinski definition) is 0. The van der Waals surface area contributed by atoms with Crippen molar-refractivity contribution in [3.63, 3.8) is 0 Å². The third kappa shape index (κ3) is 3.73. The predicted octanol–water partition coefficient (Wildman–Crippen LogP) is 1.85. The second-order valence-corrected chi connectivity index (χ2v) is 6.92. The van der Waals surface area contributed by atoms with E-state index in [2.05, 4.69) is 15.0 Å². The molecule has 2 aromatic rings. The molecule has 0 saturated carbocycles. The van der Waals surface area contributed by atoms with E-state index in [1.54, 1.807) is 18.5 Å². The minimum Gasteiger partial charge on any atom is -0.371 e. The molecule has 7 heteroatoms. The molecule has 26 heavy (non-hydrogen) atoms. The molecule has 2 aromatic heterocycles. The molecule has 0 aliphatic carbocycles. The van der Waals surface area contributed by atoms with Crippen LogP contribution in [0.15, 0.2) is 43.1 Å². The fourth-order valence-corrected chi connectivity index (χ4v) is 3.74. The van der Waals surface area contributed by atoms with E-state index in [-0.39, 0.29) is 17.6 Å². The lowest BCUT2D eigenvalue weighted by molar-refractivity contribution is -0.0467. The Kier molecular flexibility index (Phi) is 4.90. The number of carbonyl (C=O) groups is 1. The molecular formula is C19H22N4O3. The molecule has 2 aliphatic rings. The van der Waals surface area contributed by atoms with Crippen molar-refractivity contribution in [2.75, 3.05) is 19.7 Å². The van der Waals surface area contributed by atoms with Gasteiger partial charge in [-0.1, -0.05) is 6.07 Å². The van der Waals surface area contributed by atoms with Gasteiger partial charge in [0.05, 0.1) is 31.5 Å². The summed E-state index contributed by atoms with van der Waals surface area (Å²) in [6.45, 7) is 2.41. The van der Waals surface area contributed by atoms with Crippen molar-refractivity contribution in [1.82, 2.24) is 19.9 Å². The number of pyridine rings is 1. The highest BCUT2D eigenvalue weighted by molar-refractivity contribution is 5.92. The Bertz CT molecular complexity index is 743. The molecule has 0 bridgehead atoms. The van der Waals surface area contributed by atoms with Crippen molar-refractivity contribution in [2.24, 2.45) is 0 Å². The Morgan fingerprint density at radius 2 is 2.31 bits per heavy atom. The number of hydrogen-bond acceptors (Lipinski definition) is 6. The summed E-state index contributed by atoms with van der Waals surface area (Å²) >= 11 is 0. The molecule has 2 fully saturated rings. The molecule has 4 heterocycles. The third-order valence-corrected chi connectivity index (χ3v) is 5.01. The van der Waals surface area contributed by atoms with Gasteiger partial charge >= 0.3 is 0 Å². The van der Waals surface area contributed by atoms with Crippen LogP contribution in [0.4, 0.5) is 0 Å². The second kappa shape index (κ2) is 7.47. The Morgan fingerprint density at radius 3 is 3.12 bits per heavy atom. The van der Waals surface area contributed by atoms with Crippen LogP contribution in [0.25, 0.3) is 0 Å². The summed E-state index contributed by atoms with van der Waals surface area (Å²) in [5, 5.41) is 0. The highest BCUT2D eigenvalue weighted by Gasteiger charge is 2.45. The number of ether oxygens (including phenoxy) is 2. The number of rotatable bonds is 4. The molecule has 1 spiro atoms. The third-order valence-electron chi connectivity index (χ3n) is 5.01. The molecule has 2 saturated heterocycles. The average Bonchev–Trinajstić information content (AvgIpc) is 3.09. The largest absolute Gasteiger partial charge is 0.371 e. The van der Waals surface area contributed by atoms with E-state index >= 15 is 0 Å². The molecule has 1 amide bonds. The molecule has 7 nitrogen and oxygen atoms in total. The van der Waals surface area contributed by atoms with Crippen molar-refractivity contribution >= 4 is 5.91 Å². The van der Waals surface area contributed by atoms with Crippen LogP contribution in [-0.4, -0.2) is 57.2 Å². The highest BCUT2D eigenvalue weighted by Crippen LogP contribution is 2.36. The van der Waals surface area contributed by atoms with Gasteiger partial charge < -0.3 is 14.4 Å². The van der Waals surface area contributed by atoms with Crippen molar-refractivity contribution in [3.05, 3.63) is 54.4 Å². The normalized spacial score (nSPS) is 25.5. The standard InChI is InChI=1S/C19H22N4O3/c24-18(17-4-7-21-14-22-17)23-8-2-5-19(13-23)9-16(12-26-19)25-11-15-3-1-6-20-10-15/h1,3-4,6-7,10,14,16H,2,5,8-9,11-13H2/t16-,19-/m0/s1. The number of carbonyl (C=O) groups excluding carboxylic acids is 1. The van der Waals surface area contributed by atoms with Crippen LogP contribution in [-0.2, 0) is 16.1 Å². The van der Waals surface area contributed by atoms with Gasteiger partial charge in [0.25, 0.3) is 5.91 Å². The second-order valence-electron chi connectivity index (χ2n) is 6.92. The lowest BCUT2D eigenvalue weighted by Gasteiger charge is -2.39. The number of piperidine rings is 1. The Labute approximate surface area is 152 Å². The van der Waals surface area contributed by atoms with E-state index in [9.17, 15) is 4.79 Å². The first-order chi connectivity index (χ1) is 12.7. The molecular weight excluding hydrogens is 332 g/mol. The minimum absolute atomic E-state index is 0.0457. The fraction of sp³-hybridized carbons (Fsp3) is 0.474. The van der Waals surface area contributed by atoms with Gasteiger partial charge in [0, 0.05) is 31.6 Å². The van der Waals surface area contributed by atoms with Gasteiger partial charge in [-0.25, -0.2) is 9.97 Å². The zero-order valence-electron chi connectivity index (χ0n) is 14.6. The van der Waals surface area contributed by atoms with Gasteiger partial charge in [0.2, 0.25) is 0 Å². The number of nitrogens with zero attached hydrogens (tertiary/aromatic N) is 4. The molecule has 2 aliphatic heterocycles. The number of aromatic nitrogens is 3. The maximum atomic E-state index is 12.7. The van der Waals surface area contributed by atoms with Gasteiger partial charge in [-0.3, -0.25) is 9.78 Å². The van der Waals surface area contributed by atoms with Crippen LogP contribution < -0.4 is 0 Å². The first kappa shape index (κ1) is 17.1. The molecule has 0 radical (unpaired) electrons. The minimum atomic E-state index is -0.305. The molecule has 2 atom stereocenters. The maximum Gasteiger partial charge on any atom is 0.272 e. The van der Waals surface area contributed by atoms with E-state index < -0.39 is 0 Å². The predicted molar refractivity (Wildman–Crippen MR) is 93.3 cm³/mol. The number of likely N-dealkylation sites (tertiary alicyclic amines) is 1. The summed E-state index contributed by atoms with van der Waals surface area (Å²) in [5.74, 6) is -0.0604. The van der Waals surface area contributed by atoms with Gasteiger partial charge in [-0.15, -0.1) is 0 Å². The van der Waals surface area contributed by atoms with Gasteiger partial charge in [-0.05, 0) is 30.5 Å². The zero-order valence-corrected chi connectivity index (χ0v) is 14.6. The van der Waals surface area contributed by atoms with Crippen molar-refractivity contribution < 1.29 is 14.3 Å². The van der Waals surface area contributed by atoms with E-state index in [0.717, 1.165) is 31.4 Å². The smallest absolute Gasteiger partial charge is 0.272 e.